The molecule has 0 radical (unpaired) electrons. The maximum absolute atomic E-state index is 12.6. The lowest BCUT2D eigenvalue weighted by Gasteiger charge is -2.36. The number of aromatic nitrogens is 2. The standard InChI is InChI=1S/C13H15N3O3S/c17-13-8-3-9-14-16(13)20(18,19)15-10-4-6-11-5-1-2-7-12(11)15/h1-3,7-9,11H,4-6,10H2. The third-order valence-electron chi connectivity index (χ3n) is 3.63. The fraction of sp³-hybridized carbons (Fsp3) is 0.385. The van der Waals surface area contributed by atoms with Crippen LogP contribution in [0.2, 0.25) is 0 Å². The summed E-state index contributed by atoms with van der Waals surface area (Å²) in [6.45, 7) is 0.390. The zero-order chi connectivity index (χ0) is 14.2. The van der Waals surface area contributed by atoms with Gasteiger partial charge < -0.3 is 0 Å². The molecule has 0 aromatic carbocycles. The molecule has 1 unspecified atom stereocenters. The van der Waals surface area contributed by atoms with Crippen molar-refractivity contribution >= 4 is 10.2 Å². The summed E-state index contributed by atoms with van der Waals surface area (Å²) in [7, 11) is -3.94. The van der Waals surface area contributed by atoms with E-state index in [1.54, 1.807) is 0 Å². The van der Waals surface area contributed by atoms with E-state index in [-0.39, 0.29) is 5.92 Å². The van der Waals surface area contributed by atoms with Crippen LogP contribution in [0.1, 0.15) is 19.3 Å². The minimum absolute atomic E-state index is 0.211. The third-order valence-corrected chi connectivity index (χ3v) is 5.29. The average molecular weight is 293 g/mol. The molecule has 2 heterocycles. The van der Waals surface area contributed by atoms with Gasteiger partial charge in [0.1, 0.15) is 0 Å². The molecule has 7 heteroatoms. The molecule has 1 aromatic rings. The molecule has 1 aromatic heterocycles. The van der Waals surface area contributed by atoms with Crippen LogP contribution in [0.15, 0.2) is 47.0 Å². The summed E-state index contributed by atoms with van der Waals surface area (Å²) in [5.74, 6) is 0.211. The van der Waals surface area contributed by atoms with E-state index in [0.29, 0.717) is 10.6 Å². The number of fused-ring (bicyclic) bond motifs is 1. The highest BCUT2D eigenvalue weighted by molar-refractivity contribution is 7.87. The Balaban J connectivity index is 2.07. The molecule has 20 heavy (non-hydrogen) atoms. The summed E-state index contributed by atoms with van der Waals surface area (Å²) < 4.78 is 27.1. The number of piperidine rings is 1. The molecular formula is C13H15N3O3S. The van der Waals surface area contributed by atoms with Crippen molar-refractivity contribution in [1.29, 1.82) is 0 Å². The summed E-state index contributed by atoms with van der Waals surface area (Å²) in [4.78, 5) is 11.7. The predicted octanol–water partition coefficient (Wildman–Crippen LogP) is 0.892. The molecule has 3 rings (SSSR count). The van der Waals surface area contributed by atoms with Gasteiger partial charge in [-0.1, -0.05) is 12.2 Å². The fourth-order valence-corrected chi connectivity index (χ4v) is 4.17. The molecule has 1 saturated heterocycles. The third kappa shape index (κ3) is 2.07. The molecule has 2 aliphatic rings. The average Bonchev–Trinajstić information content (AvgIpc) is 2.47. The highest BCUT2D eigenvalue weighted by Gasteiger charge is 2.34. The van der Waals surface area contributed by atoms with E-state index in [2.05, 4.69) is 5.10 Å². The van der Waals surface area contributed by atoms with E-state index in [4.69, 9.17) is 0 Å². The molecule has 1 aliphatic heterocycles. The zero-order valence-corrected chi connectivity index (χ0v) is 11.7. The van der Waals surface area contributed by atoms with E-state index < -0.39 is 15.8 Å². The van der Waals surface area contributed by atoms with Crippen molar-refractivity contribution < 1.29 is 8.42 Å². The SMILES string of the molecule is O=c1cccnn1S(=O)(=O)N1CCCC2CC=CC=C21. The first-order valence-electron chi connectivity index (χ1n) is 6.55. The molecule has 0 spiro atoms. The monoisotopic (exact) mass is 293 g/mol. The quantitative estimate of drug-likeness (QED) is 0.812. The second kappa shape index (κ2) is 4.90. The number of allylic oxidation sites excluding steroid dienone is 4. The lowest BCUT2D eigenvalue weighted by atomic mass is 9.89. The van der Waals surface area contributed by atoms with Crippen molar-refractivity contribution in [3.63, 3.8) is 0 Å². The van der Waals surface area contributed by atoms with Gasteiger partial charge in [0, 0.05) is 30.4 Å². The Morgan fingerprint density at radius 2 is 2.20 bits per heavy atom. The van der Waals surface area contributed by atoms with Gasteiger partial charge in [-0.2, -0.15) is 13.5 Å². The summed E-state index contributed by atoms with van der Waals surface area (Å²) >= 11 is 0. The van der Waals surface area contributed by atoms with E-state index in [0.717, 1.165) is 25.0 Å². The first-order chi connectivity index (χ1) is 9.60. The molecule has 106 valence electrons. The smallest absolute Gasteiger partial charge is 0.267 e. The number of rotatable bonds is 2. The zero-order valence-electron chi connectivity index (χ0n) is 10.8. The van der Waals surface area contributed by atoms with Crippen LogP contribution in [0, 0.1) is 5.92 Å². The minimum atomic E-state index is -3.94. The van der Waals surface area contributed by atoms with E-state index >= 15 is 0 Å². The Morgan fingerprint density at radius 3 is 3.00 bits per heavy atom. The van der Waals surface area contributed by atoms with E-state index in [9.17, 15) is 13.2 Å². The van der Waals surface area contributed by atoms with Crippen LogP contribution < -0.4 is 5.56 Å². The predicted molar refractivity (Wildman–Crippen MR) is 74.1 cm³/mol. The van der Waals surface area contributed by atoms with Crippen LogP contribution in [0.5, 0.6) is 0 Å². The van der Waals surface area contributed by atoms with Gasteiger partial charge in [0.15, 0.2) is 0 Å². The number of hydrogen-bond acceptors (Lipinski definition) is 4. The molecule has 1 atom stereocenters. The molecule has 1 aliphatic carbocycles. The second-order valence-electron chi connectivity index (χ2n) is 4.88. The first kappa shape index (κ1) is 13.1. The maximum Gasteiger partial charge on any atom is 0.348 e. The van der Waals surface area contributed by atoms with Crippen LogP contribution in [-0.4, -0.2) is 28.5 Å². The van der Waals surface area contributed by atoms with Gasteiger partial charge in [-0.15, -0.1) is 4.09 Å². The van der Waals surface area contributed by atoms with Gasteiger partial charge in [0.05, 0.1) is 0 Å². The van der Waals surface area contributed by atoms with Crippen LogP contribution in [0.25, 0.3) is 0 Å². The fourth-order valence-electron chi connectivity index (χ4n) is 2.69. The van der Waals surface area contributed by atoms with Gasteiger partial charge in [-0.05, 0) is 31.4 Å². The van der Waals surface area contributed by atoms with Crippen molar-refractivity contribution in [2.75, 3.05) is 6.54 Å². The number of hydrogen-bond donors (Lipinski definition) is 0. The molecular weight excluding hydrogens is 278 g/mol. The summed E-state index contributed by atoms with van der Waals surface area (Å²) in [5, 5.41) is 3.69. The lowest BCUT2D eigenvalue weighted by Crippen LogP contribution is -2.45. The molecule has 1 fully saturated rings. The van der Waals surface area contributed by atoms with Crippen molar-refractivity contribution in [2.24, 2.45) is 5.92 Å². The van der Waals surface area contributed by atoms with Crippen LogP contribution >= 0.6 is 0 Å². The van der Waals surface area contributed by atoms with Crippen molar-refractivity contribution in [2.45, 2.75) is 19.3 Å². The highest BCUT2D eigenvalue weighted by Crippen LogP contribution is 2.34. The Kier molecular flexibility index (Phi) is 3.21. The van der Waals surface area contributed by atoms with Crippen molar-refractivity contribution in [3.05, 3.63) is 52.6 Å². The number of nitrogens with zero attached hydrogens (tertiary/aromatic N) is 3. The van der Waals surface area contributed by atoms with Gasteiger partial charge >= 0.3 is 10.2 Å². The molecule has 0 bridgehead atoms. The maximum atomic E-state index is 12.6. The normalized spacial score (nSPS) is 22.3. The Labute approximate surface area is 117 Å². The largest absolute Gasteiger partial charge is 0.348 e. The summed E-state index contributed by atoms with van der Waals surface area (Å²) in [6, 6.07) is 2.62. The first-order valence-corrected chi connectivity index (χ1v) is 7.95. The Hall–Kier alpha value is -1.89. The van der Waals surface area contributed by atoms with Gasteiger partial charge in [-0.25, -0.2) is 0 Å². The van der Waals surface area contributed by atoms with Crippen molar-refractivity contribution in [3.8, 4) is 0 Å². The lowest BCUT2D eigenvalue weighted by molar-refractivity contribution is 0.329. The summed E-state index contributed by atoms with van der Waals surface area (Å²) in [5.41, 5.74) is 0.123. The topological polar surface area (TPSA) is 72.3 Å². The Bertz CT molecular complexity index is 733. The van der Waals surface area contributed by atoms with E-state index in [1.165, 1.54) is 22.6 Å². The second-order valence-corrected chi connectivity index (χ2v) is 6.56. The molecule has 0 N–H and O–H groups in total. The van der Waals surface area contributed by atoms with Gasteiger partial charge in [0.2, 0.25) is 0 Å². The molecule has 0 amide bonds. The molecule has 0 saturated carbocycles. The van der Waals surface area contributed by atoms with Gasteiger partial charge in [0.25, 0.3) is 5.56 Å². The van der Waals surface area contributed by atoms with E-state index in [1.807, 2.05) is 18.2 Å². The van der Waals surface area contributed by atoms with Gasteiger partial charge in [-0.3, -0.25) is 9.10 Å². The highest BCUT2D eigenvalue weighted by atomic mass is 32.2. The van der Waals surface area contributed by atoms with Crippen LogP contribution in [0.3, 0.4) is 0 Å². The van der Waals surface area contributed by atoms with Crippen LogP contribution in [-0.2, 0) is 10.2 Å². The minimum Gasteiger partial charge on any atom is -0.267 e. The van der Waals surface area contributed by atoms with Crippen LogP contribution in [0.4, 0.5) is 0 Å². The summed E-state index contributed by atoms with van der Waals surface area (Å²) in [6.07, 6.45) is 9.62. The van der Waals surface area contributed by atoms with Crippen molar-refractivity contribution in [1.82, 2.24) is 13.5 Å². The Morgan fingerprint density at radius 1 is 1.35 bits per heavy atom. The molecule has 6 nitrogen and oxygen atoms in total.